The number of nitriles is 4. The molecular weight excluding hydrogens is 1220 g/mol. The topological polar surface area (TPSA) is 453 Å². The third kappa shape index (κ3) is 22.8. The number of nitrogens with one attached hydrogen (secondary N) is 2. The standard InChI is InChI=1S/C15H21N5O.C14H21N5O2.C11H21NO5S.C9H13N5.C6H10O2.C4H4N4.ClH/c1-15(5-2-6-15)14(21)19-7-3-12(4-8-19)20-10-11(9-16)13(17)18-20;1-14(2,3)21-13(20)18-6-4-11(5-7-18)19-9-10(8-15)12(16)17-19;1-11(2,3)16-10(13)12-7-5-9(6-8-12)17-18(4,14)15;10-5-7-6-14(13-9(7)11)8-1-3-12-4-2-8;1-6(5(7)8)3-2-4-6;5-1-3-2-7-8-4(3)6;/h10,12H,2-8H2,1H3,(H2,17,18);9,11H,4-7H2,1-3H3,(H2,16,17);9H,5-8H2,1-4H3;6,8,12H,1-4H2,(H2,11,13);2-4H2,1H3,(H,7,8);2H,(H3,6,7,8);1H. The summed E-state index contributed by atoms with van der Waals surface area (Å²) in [6.45, 7) is 20.6. The number of ether oxygens (including phenoxy) is 2. The Balaban J connectivity index is 0.000000240. The fourth-order valence-corrected chi connectivity index (χ4v) is 11.1. The van der Waals surface area contributed by atoms with Crippen molar-refractivity contribution in [2.45, 2.75) is 181 Å². The highest BCUT2D eigenvalue weighted by molar-refractivity contribution is 7.86. The number of nitrogen functional groups attached to an aromatic ring is 4. The van der Waals surface area contributed by atoms with Gasteiger partial charge in [-0.3, -0.25) is 32.9 Å². The second kappa shape index (κ2) is 33.1. The molecule has 0 aromatic carbocycles. The van der Waals surface area contributed by atoms with Crippen molar-refractivity contribution in [1.29, 1.82) is 21.0 Å². The minimum absolute atomic E-state index is 0. The van der Waals surface area contributed by atoms with Crippen molar-refractivity contribution in [3.05, 3.63) is 47.0 Å². The molecule has 4 aliphatic heterocycles. The Hall–Kier alpha value is -8.36. The molecule has 2 saturated carbocycles. The van der Waals surface area contributed by atoms with Gasteiger partial charge in [-0.2, -0.15) is 49.9 Å². The number of anilines is 4. The van der Waals surface area contributed by atoms with Crippen LogP contribution in [-0.2, 0) is 33.4 Å². The summed E-state index contributed by atoms with van der Waals surface area (Å²) in [7, 11) is -3.42. The van der Waals surface area contributed by atoms with E-state index in [0.29, 0.717) is 84.9 Å². The van der Waals surface area contributed by atoms with Gasteiger partial charge in [-0.25, -0.2) is 9.59 Å². The highest BCUT2D eigenvalue weighted by atomic mass is 35.5. The Labute approximate surface area is 538 Å². The fourth-order valence-electron chi connectivity index (χ4n) is 10.4. The van der Waals surface area contributed by atoms with Crippen molar-refractivity contribution in [3.63, 3.8) is 0 Å². The van der Waals surface area contributed by atoms with E-state index in [1.54, 1.807) is 44.7 Å². The molecule has 0 spiro atoms. The van der Waals surface area contributed by atoms with Gasteiger partial charge in [0.2, 0.25) is 5.91 Å². The van der Waals surface area contributed by atoms with Gasteiger partial charge in [0.05, 0.1) is 42.1 Å². The Morgan fingerprint density at radius 2 is 0.945 bits per heavy atom. The number of aliphatic carboxylic acids is 1. The molecule has 500 valence electrons. The quantitative estimate of drug-likeness (QED) is 0.0938. The molecule has 30 nitrogen and oxygen atoms in total. The normalized spacial score (nSPS) is 18.1. The highest BCUT2D eigenvalue weighted by Gasteiger charge is 2.43. The molecule has 8 heterocycles. The lowest BCUT2D eigenvalue weighted by Crippen LogP contribution is -2.49. The molecule has 91 heavy (non-hydrogen) atoms. The summed E-state index contributed by atoms with van der Waals surface area (Å²) in [4.78, 5) is 51.8. The van der Waals surface area contributed by atoms with Crippen molar-refractivity contribution in [2.24, 2.45) is 10.8 Å². The number of hydrogen-bond acceptors (Lipinski definition) is 22. The molecule has 0 unspecified atom stereocenters. The van der Waals surface area contributed by atoms with Crippen LogP contribution in [0.5, 0.6) is 0 Å². The van der Waals surface area contributed by atoms with Crippen molar-refractivity contribution < 1.29 is 46.4 Å². The van der Waals surface area contributed by atoms with E-state index in [2.05, 4.69) is 37.7 Å². The molecule has 11 N–H and O–H groups in total. The summed E-state index contributed by atoms with van der Waals surface area (Å²) in [5, 5.41) is 65.0. The van der Waals surface area contributed by atoms with E-state index < -0.39 is 27.3 Å². The SMILES string of the molecule is CC(C)(C)OC(=O)N1CCC(OS(C)(=O)=O)CC1.CC(C)(C)OC(=O)N1CCC(n2cc(C#N)c(N)n2)CC1.CC1(C(=O)N2CCC(n3cc(C#N)c(N)n3)CC2)CCC1.CC1(C(=O)O)CCC1.Cl.N#Cc1cn(C2CCNCC2)nc1N.N#Cc1cn[nH]c1N. The summed E-state index contributed by atoms with van der Waals surface area (Å²) in [5.41, 5.74) is 22.4. The van der Waals surface area contributed by atoms with Crippen LogP contribution in [0, 0.1) is 56.2 Å². The molecule has 6 fully saturated rings. The maximum absolute atomic E-state index is 12.5. The average Bonchev–Trinajstić information content (AvgIpc) is 1.21. The first-order chi connectivity index (χ1) is 42.2. The predicted octanol–water partition coefficient (Wildman–Crippen LogP) is 6.77. The van der Waals surface area contributed by atoms with Crippen LogP contribution in [-0.4, -0.2) is 168 Å². The first-order valence-electron chi connectivity index (χ1n) is 30.2. The number of carboxylic acid groups (broad SMARTS) is 1. The number of H-pyrrole nitrogens is 1. The van der Waals surface area contributed by atoms with E-state index >= 15 is 0 Å². The fraction of sp³-hybridized carbons (Fsp3) is 0.661. The number of carbonyl (C=O) groups excluding carboxylic acids is 3. The summed E-state index contributed by atoms with van der Waals surface area (Å²) in [6, 6.07) is 8.72. The number of piperidine rings is 4. The number of carbonyl (C=O) groups is 4. The van der Waals surface area contributed by atoms with Crippen LogP contribution in [0.15, 0.2) is 24.8 Å². The number of nitrogens with zero attached hydrogens (tertiary/aromatic N) is 14. The summed E-state index contributed by atoms with van der Waals surface area (Å²) in [6.07, 6.45) is 19.0. The van der Waals surface area contributed by atoms with E-state index in [9.17, 15) is 27.6 Å². The molecule has 6 aliphatic rings. The largest absolute Gasteiger partial charge is 0.481 e. The molecule has 0 radical (unpaired) electrons. The molecule has 32 heteroatoms. The Bertz CT molecular complexity index is 3340. The molecule has 4 aromatic heterocycles. The number of aromatic amines is 1. The number of likely N-dealkylation sites (tertiary alicyclic amines) is 3. The van der Waals surface area contributed by atoms with Crippen molar-refractivity contribution >= 4 is 69.9 Å². The van der Waals surface area contributed by atoms with Crippen LogP contribution in [0.4, 0.5) is 32.9 Å². The minimum atomic E-state index is -3.42. The maximum atomic E-state index is 12.5. The van der Waals surface area contributed by atoms with Crippen molar-refractivity contribution in [2.75, 3.05) is 81.5 Å². The zero-order chi connectivity index (χ0) is 66.8. The van der Waals surface area contributed by atoms with Gasteiger partial charge in [0.15, 0.2) is 17.5 Å². The average molecular weight is 1310 g/mol. The van der Waals surface area contributed by atoms with Gasteiger partial charge < -0.3 is 57.5 Å². The lowest BCUT2D eigenvalue weighted by Gasteiger charge is -2.43. The molecule has 2 aliphatic carbocycles. The Morgan fingerprint density at radius 3 is 1.21 bits per heavy atom. The number of hydrogen-bond donors (Lipinski definition) is 7. The number of halogens is 1. The van der Waals surface area contributed by atoms with Gasteiger partial charge >= 0.3 is 18.2 Å². The number of rotatable bonds is 7. The zero-order valence-electron chi connectivity index (χ0n) is 53.7. The van der Waals surface area contributed by atoms with Gasteiger partial charge in [0.1, 0.15) is 63.6 Å². The molecule has 0 atom stereocenters. The van der Waals surface area contributed by atoms with Crippen LogP contribution >= 0.6 is 12.4 Å². The third-order valence-electron chi connectivity index (χ3n) is 16.1. The summed E-state index contributed by atoms with van der Waals surface area (Å²) in [5.74, 6) is 0.886. The van der Waals surface area contributed by atoms with E-state index in [1.807, 2.05) is 75.4 Å². The van der Waals surface area contributed by atoms with Gasteiger partial charge in [-0.05, 0) is 139 Å². The van der Waals surface area contributed by atoms with Crippen molar-refractivity contribution in [1.82, 2.24) is 59.6 Å². The maximum Gasteiger partial charge on any atom is 0.410 e. The van der Waals surface area contributed by atoms with Crippen LogP contribution in [0.2, 0.25) is 0 Å². The molecule has 4 saturated heterocycles. The van der Waals surface area contributed by atoms with Gasteiger partial charge in [0, 0.05) is 63.3 Å². The lowest BCUT2D eigenvalue weighted by molar-refractivity contribution is -0.152. The van der Waals surface area contributed by atoms with E-state index in [-0.39, 0.29) is 65.2 Å². The monoisotopic (exact) mass is 1310 g/mol. The Kier molecular flexibility index (Phi) is 27.3. The zero-order valence-corrected chi connectivity index (χ0v) is 55.3. The molecule has 4 aromatic rings. The van der Waals surface area contributed by atoms with Crippen LogP contribution in [0.25, 0.3) is 0 Å². The van der Waals surface area contributed by atoms with Crippen molar-refractivity contribution in [3.8, 4) is 24.3 Å². The Morgan fingerprint density at radius 1 is 0.593 bits per heavy atom. The molecule has 0 bridgehead atoms. The van der Waals surface area contributed by atoms with Crippen LogP contribution in [0.1, 0.15) is 186 Å². The smallest absolute Gasteiger partial charge is 0.410 e. The van der Waals surface area contributed by atoms with E-state index in [0.717, 1.165) is 103 Å². The van der Waals surface area contributed by atoms with Crippen LogP contribution in [0.3, 0.4) is 0 Å². The molecule has 3 amide bonds. The number of carboxylic acids is 1. The second-order valence-electron chi connectivity index (χ2n) is 25.7. The summed E-state index contributed by atoms with van der Waals surface area (Å²) >= 11 is 0. The third-order valence-corrected chi connectivity index (χ3v) is 16.7. The first kappa shape index (κ1) is 75.1. The van der Waals surface area contributed by atoms with Crippen LogP contribution < -0.4 is 28.3 Å². The van der Waals surface area contributed by atoms with E-state index in [4.69, 9.17) is 62.7 Å². The molecule has 10 rings (SSSR count). The van der Waals surface area contributed by atoms with Gasteiger partial charge in [-0.15, -0.1) is 12.4 Å². The predicted molar refractivity (Wildman–Crippen MR) is 339 cm³/mol. The van der Waals surface area contributed by atoms with Gasteiger partial charge in [-0.1, -0.05) is 19.8 Å². The highest BCUT2D eigenvalue weighted by Crippen LogP contribution is 2.43. The molecular formula is C59H91ClN20O10S. The second-order valence-corrected chi connectivity index (χ2v) is 27.3. The minimum Gasteiger partial charge on any atom is -0.481 e. The number of aromatic nitrogens is 8. The lowest BCUT2D eigenvalue weighted by atomic mass is 9.69. The first-order valence-corrected chi connectivity index (χ1v) is 32.0. The summed E-state index contributed by atoms with van der Waals surface area (Å²) < 4.78 is 42.8. The van der Waals surface area contributed by atoms with Gasteiger partial charge in [0.25, 0.3) is 10.1 Å². The number of amides is 3. The number of nitrogens with two attached hydrogens (primary N) is 4. The van der Waals surface area contributed by atoms with E-state index in [1.165, 1.54) is 12.6 Å².